The Morgan fingerprint density at radius 1 is 0.958 bits per heavy atom. The van der Waals surface area contributed by atoms with Gasteiger partial charge in [-0.05, 0) is 48.0 Å². The number of halogens is 3. The summed E-state index contributed by atoms with van der Waals surface area (Å²) in [5, 5.41) is 10.9. The van der Waals surface area contributed by atoms with E-state index in [1.807, 2.05) is 6.07 Å². The molecule has 0 radical (unpaired) electrons. The smallest absolute Gasteiger partial charge is 0.136 e. The maximum Gasteiger partial charge on any atom is 0.136 e. The van der Waals surface area contributed by atoms with Crippen molar-refractivity contribution in [2.24, 2.45) is 0 Å². The van der Waals surface area contributed by atoms with Crippen LogP contribution < -0.4 is 0 Å². The van der Waals surface area contributed by atoms with Crippen LogP contribution in [-0.4, -0.2) is 0 Å². The molecule has 0 fully saturated rings. The average Bonchev–Trinajstić information content (AvgIpc) is 3.04. The number of rotatable bonds is 3. The van der Waals surface area contributed by atoms with E-state index in [1.54, 1.807) is 54.6 Å². The van der Waals surface area contributed by atoms with Gasteiger partial charge >= 0.3 is 0 Å². The average molecular weight is 375 g/mol. The van der Waals surface area contributed by atoms with Crippen molar-refractivity contribution in [1.29, 1.82) is 5.26 Å². The molecule has 0 saturated heterocycles. The molecule has 0 N–H and O–H groups in total. The second-order valence-electron chi connectivity index (χ2n) is 4.98. The van der Waals surface area contributed by atoms with Crippen LogP contribution in [0.4, 0.5) is 0 Å². The Balaban J connectivity index is 1.96. The molecular weight excluding hydrogens is 365 g/mol. The highest BCUT2D eigenvalue weighted by molar-refractivity contribution is 6.43. The largest absolute Gasteiger partial charge is 0.457 e. The molecule has 3 aromatic rings. The lowest BCUT2D eigenvalue weighted by Gasteiger charge is -2.02. The third-order valence-electron chi connectivity index (χ3n) is 3.41. The van der Waals surface area contributed by atoms with Crippen molar-refractivity contribution in [2.45, 2.75) is 0 Å². The number of nitrogens with zero attached hydrogens (tertiary/aromatic N) is 1. The minimum atomic E-state index is 0.433. The monoisotopic (exact) mass is 373 g/mol. The quantitative estimate of drug-likeness (QED) is 0.464. The second kappa shape index (κ2) is 7.15. The van der Waals surface area contributed by atoms with Crippen LogP contribution in [-0.2, 0) is 0 Å². The maximum absolute atomic E-state index is 9.38. The lowest BCUT2D eigenvalue weighted by Crippen LogP contribution is -1.80. The fourth-order valence-electron chi connectivity index (χ4n) is 2.22. The summed E-state index contributed by atoms with van der Waals surface area (Å²) >= 11 is 18.1. The fraction of sp³-hybridized carbons (Fsp3) is 0. The van der Waals surface area contributed by atoms with E-state index in [0.717, 1.165) is 5.56 Å². The Labute approximate surface area is 154 Å². The Morgan fingerprint density at radius 2 is 1.71 bits per heavy atom. The van der Waals surface area contributed by atoms with Gasteiger partial charge in [-0.2, -0.15) is 5.26 Å². The van der Waals surface area contributed by atoms with Gasteiger partial charge in [0.1, 0.15) is 11.5 Å². The number of allylic oxidation sites excluding steroid dienone is 1. The van der Waals surface area contributed by atoms with Crippen molar-refractivity contribution in [3.8, 4) is 17.4 Å². The lowest BCUT2D eigenvalue weighted by molar-refractivity contribution is 0.572. The highest BCUT2D eigenvalue weighted by atomic mass is 35.5. The van der Waals surface area contributed by atoms with Crippen LogP contribution in [0.25, 0.3) is 23.0 Å². The van der Waals surface area contributed by atoms with Gasteiger partial charge < -0.3 is 4.42 Å². The zero-order chi connectivity index (χ0) is 17.1. The van der Waals surface area contributed by atoms with Gasteiger partial charge in [0.25, 0.3) is 0 Å². The molecule has 0 saturated carbocycles. The third kappa shape index (κ3) is 3.49. The van der Waals surface area contributed by atoms with E-state index in [2.05, 4.69) is 6.07 Å². The molecule has 0 unspecified atom stereocenters. The summed E-state index contributed by atoms with van der Waals surface area (Å²) in [6, 6.07) is 18.1. The number of furan rings is 1. The molecule has 5 heteroatoms. The second-order valence-corrected chi connectivity index (χ2v) is 6.20. The summed E-state index contributed by atoms with van der Waals surface area (Å²) in [6.07, 6.45) is 1.67. The van der Waals surface area contributed by atoms with Gasteiger partial charge in [-0.3, -0.25) is 0 Å². The van der Waals surface area contributed by atoms with Crippen LogP contribution in [0.15, 0.2) is 59.0 Å². The van der Waals surface area contributed by atoms with Gasteiger partial charge in [-0.15, -0.1) is 0 Å². The van der Waals surface area contributed by atoms with Crippen molar-refractivity contribution in [1.82, 2.24) is 0 Å². The molecule has 0 amide bonds. The zero-order valence-electron chi connectivity index (χ0n) is 12.3. The number of nitriles is 1. The maximum atomic E-state index is 9.38. The molecular formula is C19H10Cl3NO. The Hall–Kier alpha value is -2.18. The van der Waals surface area contributed by atoms with E-state index in [4.69, 9.17) is 39.2 Å². The molecule has 0 atom stereocenters. The SMILES string of the molecule is N#C/C(=C\c1ccc(-c2cccc(Cl)c2Cl)o1)c1ccc(Cl)cc1. The van der Waals surface area contributed by atoms with Gasteiger partial charge in [0.05, 0.1) is 21.7 Å². The summed E-state index contributed by atoms with van der Waals surface area (Å²) < 4.78 is 5.79. The van der Waals surface area contributed by atoms with E-state index in [1.165, 1.54) is 0 Å². The topological polar surface area (TPSA) is 36.9 Å². The molecule has 118 valence electrons. The van der Waals surface area contributed by atoms with Crippen LogP contribution >= 0.6 is 34.8 Å². The molecule has 2 aromatic carbocycles. The minimum Gasteiger partial charge on any atom is -0.457 e. The van der Waals surface area contributed by atoms with Gasteiger partial charge in [0.15, 0.2) is 0 Å². The highest BCUT2D eigenvalue weighted by Crippen LogP contribution is 2.34. The third-order valence-corrected chi connectivity index (χ3v) is 4.48. The lowest BCUT2D eigenvalue weighted by atomic mass is 10.1. The van der Waals surface area contributed by atoms with E-state index >= 15 is 0 Å². The first-order chi connectivity index (χ1) is 11.6. The normalized spacial score (nSPS) is 11.3. The molecule has 0 aliphatic heterocycles. The summed E-state index contributed by atoms with van der Waals surface area (Å²) in [5.74, 6) is 1.13. The molecule has 0 bridgehead atoms. The van der Waals surface area contributed by atoms with Gasteiger partial charge in [-0.1, -0.05) is 53.0 Å². The molecule has 3 rings (SSSR count). The Bertz CT molecular complexity index is 949. The molecule has 0 spiro atoms. The summed E-state index contributed by atoms with van der Waals surface area (Å²) in [7, 11) is 0. The predicted octanol–water partition coefficient (Wildman–Crippen LogP) is 6.97. The summed E-state index contributed by atoms with van der Waals surface area (Å²) in [4.78, 5) is 0. The van der Waals surface area contributed by atoms with Gasteiger partial charge in [0.2, 0.25) is 0 Å². The summed E-state index contributed by atoms with van der Waals surface area (Å²) in [5.41, 5.74) is 1.94. The minimum absolute atomic E-state index is 0.433. The van der Waals surface area contributed by atoms with E-state index in [-0.39, 0.29) is 0 Å². The van der Waals surface area contributed by atoms with Gasteiger partial charge in [-0.25, -0.2) is 0 Å². The van der Waals surface area contributed by atoms with Crippen LogP contribution in [0.3, 0.4) is 0 Å². The first-order valence-corrected chi connectivity index (χ1v) is 8.14. The van der Waals surface area contributed by atoms with E-state index in [0.29, 0.717) is 37.7 Å². The van der Waals surface area contributed by atoms with Crippen molar-refractivity contribution in [2.75, 3.05) is 0 Å². The van der Waals surface area contributed by atoms with E-state index < -0.39 is 0 Å². The molecule has 24 heavy (non-hydrogen) atoms. The van der Waals surface area contributed by atoms with Crippen molar-refractivity contribution < 1.29 is 4.42 Å². The van der Waals surface area contributed by atoms with Crippen LogP contribution in [0, 0.1) is 11.3 Å². The highest BCUT2D eigenvalue weighted by Gasteiger charge is 2.11. The zero-order valence-corrected chi connectivity index (χ0v) is 14.5. The molecule has 0 aliphatic carbocycles. The van der Waals surface area contributed by atoms with Crippen LogP contribution in [0.2, 0.25) is 15.1 Å². The predicted molar refractivity (Wildman–Crippen MR) is 99.1 cm³/mol. The van der Waals surface area contributed by atoms with Crippen molar-refractivity contribution in [3.63, 3.8) is 0 Å². The van der Waals surface area contributed by atoms with Crippen LogP contribution in [0.5, 0.6) is 0 Å². The standard InChI is InChI=1S/C19H10Cl3NO/c20-14-6-4-12(5-7-14)13(11-23)10-15-8-9-18(24-15)16-2-1-3-17(21)19(16)22/h1-10H/b13-10+. The summed E-state index contributed by atoms with van der Waals surface area (Å²) in [6.45, 7) is 0. The number of hydrogen-bond donors (Lipinski definition) is 0. The first kappa shape index (κ1) is 16.7. The number of hydrogen-bond acceptors (Lipinski definition) is 2. The van der Waals surface area contributed by atoms with Crippen molar-refractivity contribution in [3.05, 3.63) is 81.0 Å². The molecule has 0 aliphatic rings. The Kier molecular flexibility index (Phi) is 4.97. The van der Waals surface area contributed by atoms with Crippen molar-refractivity contribution >= 4 is 46.5 Å². The van der Waals surface area contributed by atoms with Crippen LogP contribution in [0.1, 0.15) is 11.3 Å². The Morgan fingerprint density at radius 3 is 2.42 bits per heavy atom. The molecule has 1 aromatic heterocycles. The van der Waals surface area contributed by atoms with E-state index in [9.17, 15) is 5.26 Å². The molecule has 1 heterocycles. The number of benzene rings is 2. The van der Waals surface area contributed by atoms with Gasteiger partial charge in [0, 0.05) is 10.6 Å². The first-order valence-electron chi connectivity index (χ1n) is 7.00. The fourth-order valence-corrected chi connectivity index (χ4v) is 2.74. The molecule has 2 nitrogen and oxygen atoms in total.